The molecule has 0 aromatic heterocycles. The molecule has 0 radical (unpaired) electrons. The lowest BCUT2D eigenvalue weighted by molar-refractivity contribution is 0.0224. The fourth-order valence-electron chi connectivity index (χ4n) is 9.61. The molecular formula is C63H62O7. The van der Waals surface area contributed by atoms with Crippen molar-refractivity contribution in [2.75, 3.05) is 0 Å². The van der Waals surface area contributed by atoms with Gasteiger partial charge in [-0.2, -0.15) is 0 Å². The van der Waals surface area contributed by atoms with Crippen LogP contribution in [-0.4, -0.2) is 26.4 Å². The minimum absolute atomic E-state index is 0.0371. The van der Waals surface area contributed by atoms with Crippen LogP contribution >= 0.6 is 0 Å². The Morgan fingerprint density at radius 3 is 1.17 bits per heavy atom. The minimum atomic E-state index is -1.17. The third-order valence-electron chi connectivity index (χ3n) is 12.1. The molecule has 0 fully saturated rings. The van der Waals surface area contributed by atoms with Gasteiger partial charge in [-0.1, -0.05) is 171 Å². The molecule has 12 rings (SSSR count). The minimum Gasteiger partial charge on any atom is -0.508 e. The van der Waals surface area contributed by atoms with Gasteiger partial charge in [-0.15, -0.1) is 0 Å². The van der Waals surface area contributed by atoms with Gasteiger partial charge in [0.2, 0.25) is 0 Å². The number of benzene rings is 9. The zero-order chi connectivity index (χ0) is 50.2. The van der Waals surface area contributed by atoms with Crippen molar-refractivity contribution in [1.82, 2.24) is 0 Å². The highest BCUT2D eigenvalue weighted by molar-refractivity contribution is 5.97. The number of esters is 1. The summed E-state index contributed by atoms with van der Waals surface area (Å²) in [6.07, 6.45) is 2.50. The van der Waals surface area contributed by atoms with Crippen molar-refractivity contribution in [1.29, 1.82) is 0 Å². The molecule has 0 saturated heterocycles. The summed E-state index contributed by atoms with van der Waals surface area (Å²) in [5.41, 5.74) is 8.18. The first kappa shape index (κ1) is 49.9. The molecule has 3 aliphatic rings. The van der Waals surface area contributed by atoms with Crippen molar-refractivity contribution in [3.05, 3.63) is 226 Å². The van der Waals surface area contributed by atoms with Gasteiger partial charge < -0.3 is 29.9 Å². The first-order valence-corrected chi connectivity index (χ1v) is 24.4. The summed E-state index contributed by atoms with van der Waals surface area (Å²) >= 11 is 0. The molecule has 1 aliphatic carbocycles. The Bertz CT molecular complexity index is 3110. The number of fused-ring (bicyclic) bond motifs is 11. The lowest BCUT2D eigenvalue weighted by Gasteiger charge is -2.36. The molecule has 0 saturated carbocycles. The van der Waals surface area contributed by atoms with Crippen LogP contribution in [0.5, 0.6) is 34.5 Å². The molecule has 7 nitrogen and oxygen atoms in total. The quantitative estimate of drug-likeness (QED) is 0.128. The molecule has 356 valence electrons. The lowest BCUT2D eigenvalue weighted by atomic mass is 9.67. The van der Waals surface area contributed by atoms with Crippen molar-refractivity contribution >= 4 is 27.5 Å². The van der Waals surface area contributed by atoms with Gasteiger partial charge in [-0.05, 0) is 122 Å². The molecule has 0 unspecified atom stereocenters. The third-order valence-corrected chi connectivity index (χ3v) is 12.1. The highest BCUT2D eigenvalue weighted by Gasteiger charge is 2.53. The summed E-state index contributed by atoms with van der Waals surface area (Å²) < 4.78 is 11.8. The Hall–Kier alpha value is -8.03. The van der Waals surface area contributed by atoms with Crippen LogP contribution in [0, 0.1) is 0 Å². The molecule has 2 heterocycles. The Morgan fingerprint density at radius 2 is 0.729 bits per heavy atom. The fourth-order valence-corrected chi connectivity index (χ4v) is 9.61. The molecule has 0 amide bonds. The maximum Gasteiger partial charge on any atom is 0.340 e. The fraction of sp³-hybridized carbons (Fsp3) is 0.190. The number of phenolic OH excluding ortho intramolecular Hbond substituents is 4. The molecule has 4 N–H and O–H groups in total. The summed E-state index contributed by atoms with van der Waals surface area (Å²) in [5, 5.41) is 43.9. The maximum atomic E-state index is 12.5. The van der Waals surface area contributed by atoms with Gasteiger partial charge in [-0.3, -0.25) is 0 Å². The molecule has 9 aromatic carbocycles. The number of carbonyl (C=O) groups is 1. The summed E-state index contributed by atoms with van der Waals surface area (Å²) in [5.74, 6) is 0.953. The SMILES string of the molecule is CC.CC.CCC.CCC.O=C1OC2(c3ccc(O)cc3Oc3cc(O)ccc32)c2ccccc21.Oc1ccc2cc(C3(c4ccc5cc(O)ccc5c4)c4ccccc4-c4ccccc43)ccc2c1. The van der Waals surface area contributed by atoms with Crippen LogP contribution in [0.2, 0.25) is 0 Å². The van der Waals surface area contributed by atoms with Crippen LogP contribution < -0.4 is 4.74 Å². The molecule has 9 aromatic rings. The molecule has 0 atom stereocenters. The molecule has 1 spiro atoms. The molecule has 0 bridgehead atoms. The number of phenols is 4. The first-order valence-electron chi connectivity index (χ1n) is 24.4. The van der Waals surface area contributed by atoms with Crippen LogP contribution in [0.1, 0.15) is 118 Å². The molecule has 70 heavy (non-hydrogen) atoms. The average Bonchev–Trinajstić information content (AvgIpc) is 3.85. The topological polar surface area (TPSA) is 116 Å². The van der Waals surface area contributed by atoms with E-state index in [1.807, 2.05) is 64.1 Å². The van der Waals surface area contributed by atoms with E-state index in [0.717, 1.165) is 21.5 Å². The average molecular weight is 931 g/mol. The summed E-state index contributed by atoms with van der Waals surface area (Å²) in [6, 6.07) is 58.2. The molecule has 7 heteroatoms. The Kier molecular flexibility index (Phi) is 15.3. The van der Waals surface area contributed by atoms with Crippen molar-refractivity contribution in [3.63, 3.8) is 0 Å². The zero-order valence-corrected chi connectivity index (χ0v) is 41.2. The summed E-state index contributed by atoms with van der Waals surface area (Å²) in [7, 11) is 0. The number of rotatable bonds is 2. The predicted molar refractivity (Wildman–Crippen MR) is 285 cm³/mol. The van der Waals surface area contributed by atoms with E-state index < -0.39 is 17.0 Å². The van der Waals surface area contributed by atoms with Gasteiger partial charge in [0.05, 0.1) is 11.0 Å². The van der Waals surface area contributed by atoms with Gasteiger partial charge in [0.25, 0.3) is 0 Å². The number of carbonyl (C=O) groups excluding carboxylic acids is 1. The second-order valence-electron chi connectivity index (χ2n) is 16.8. The van der Waals surface area contributed by atoms with Crippen LogP contribution in [0.4, 0.5) is 0 Å². The maximum absolute atomic E-state index is 12.5. The summed E-state index contributed by atoms with van der Waals surface area (Å²) in [6.45, 7) is 16.5. The highest BCUT2D eigenvalue weighted by Crippen LogP contribution is 2.58. The number of hydrogen-bond acceptors (Lipinski definition) is 7. The molecule has 2 aliphatic heterocycles. The normalized spacial score (nSPS) is 13.1. The third kappa shape index (κ3) is 8.80. The Labute approximate surface area is 411 Å². The van der Waals surface area contributed by atoms with Crippen molar-refractivity contribution in [3.8, 4) is 45.6 Å². The predicted octanol–water partition coefficient (Wildman–Crippen LogP) is 16.3. The highest BCUT2D eigenvalue weighted by atomic mass is 16.6. The van der Waals surface area contributed by atoms with Crippen molar-refractivity contribution < 1.29 is 34.7 Å². The van der Waals surface area contributed by atoms with Crippen LogP contribution in [0.15, 0.2) is 182 Å². The lowest BCUT2D eigenvalue weighted by Crippen LogP contribution is -2.32. The summed E-state index contributed by atoms with van der Waals surface area (Å²) in [4.78, 5) is 12.5. The molecular weight excluding hydrogens is 869 g/mol. The largest absolute Gasteiger partial charge is 0.508 e. The second kappa shape index (κ2) is 21.5. The number of aromatic hydroxyl groups is 4. The van der Waals surface area contributed by atoms with E-state index in [1.165, 1.54) is 70.5 Å². The standard InChI is InChI=1S/C33H22O2.C20H12O5.2C3H8.2C2H6/c34-27-15-11-21-17-25(13-9-23(21)19-27)33(26-14-10-24-20-28(35)16-12-22(24)18-26)31-7-3-1-5-29(31)30-6-2-4-8-32(30)33;21-11-5-7-15-17(9-11)24-18-10-12(22)6-8-16(18)20(15)14-4-2-1-3-13(14)19(23)25-20;2*1-3-2;2*1-2/h1-20,34-35H;1-10,21-22H;2*3H2,1-2H3;2*1-2H3. The van der Waals surface area contributed by atoms with E-state index in [0.29, 0.717) is 33.8 Å². The Morgan fingerprint density at radius 1 is 0.386 bits per heavy atom. The second-order valence-corrected chi connectivity index (χ2v) is 16.8. The van der Waals surface area contributed by atoms with Gasteiger partial charge >= 0.3 is 5.97 Å². The smallest absolute Gasteiger partial charge is 0.340 e. The number of hydrogen-bond donors (Lipinski definition) is 4. The van der Waals surface area contributed by atoms with E-state index in [4.69, 9.17) is 9.47 Å². The Balaban J connectivity index is 0.000000181. The van der Waals surface area contributed by atoms with E-state index in [1.54, 1.807) is 36.4 Å². The van der Waals surface area contributed by atoms with Gasteiger partial charge in [-0.25, -0.2) is 4.79 Å². The van der Waals surface area contributed by atoms with Crippen LogP contribution in [0.25, 0.3) is 32.7 Å². The van der Waals surface area contributed by atoms with Crippen molar-refractivity contribution in [2.45, 2.75) is 79.2 Å². The monoisotopic (exact) mass is 930 g/mol. The van der Waals surface area contributed by atoms with Crippen molar-refractivity contribution in [2.24, 2.45) is 0 Å². The van der Waals surface area contributed by atoms with Crippen LogP contribution in [0.3, 0.4) is 0 Å². The van der Waals surface area contributed by atoms with Gasteiger partial charge in [0.15, 0.2) is 5.60 Å². The first-order chi connectivity index (χ1) is 34.1. The van der Waals surface area contributed by atoms with E-state index >= 15 is 0 Å². The number of ether oxygens (including phenoxy) is 2. The van der Waals surface area contributed by atoms with E-state index in [9.17, 15) is 25.2 Å². The van der Waals surface area contributed by atoms with Crippen LogP contribution in [-0.2, 0) is 15.8 Å². The van der Waals surface area contributed by atoms with E-state index in [-0.39, 0.29) is 23.0 Å². The zero-order valence-electron chi connectivity index (χ0n) is 41.2. The van der Waals surface area contributed by atoms with Gasteiger partial charge in [0.1, 0.15) is 34.5 Å². The van der Waals surface area contributed by atoms with Gasteiger partial charge in [0, 0.05) is 28.8 Å². The van der Waals surface area contributed by atoms with E-state index in [2.05, 4.69) is 113 Å².